The number of carbonyl (C=O) groups excluding carboxylic acids is 1. The number of hydrogen-bond acceptors (Lipinski definition) is 3. The number of fused-ring (bicyclic) bond motifs is 1. The van der Waals surface area contributed by atoms with Gasteiger partial charge in [-0.1, -0.05) is 43.1 Å². The minimum absolute atomic E-state index is 0.0732. The fourth-order valence-corrected chi connectivity index (χ4v) is 6.33. The first kappa shape index (κ1) is 26.0. The number of aliphatic hydroxyl groups is 1. The molecule has 10 heteroatoms. The molecule has 1 heterocycles. The molecule has 0 radical (unpaired) electrons. The predicted molar refractivity (Wildman–Crippen MR) is 135 cm³/mol. The minimum Gasteiger partial charge on any atom is -0.372 e. The van der Waals surface area contributed by atoms with E-state index < -0.39 is 28.8 Å². The highest BCUT2D eigenvalue weighted by Crippen LogP contribution is 2.52. The van der Waals surface area contributed by atoms with Crippen LogP contribution in [0.1, 0.15) is 43.4 Å². The lowest BCUT2D eigenvalue weighted by molar-refractivity contribution is -0.142. The van der Waals surface area contributed by atoms with Crippen molar-refractivity contribution in [3.8, 4) is 0 Å². The smallest absolute Gasteiger partial charge is 0.372 e. The van der Waals surface area contributed by atoms with Gasteiger partial charge in [-0.15, -0.1) is 0 Å². The van der Waals surface area contributed by atoms with Crippen LogP contribution in [0.5, 0.6) is 0 Å². The second kappa shape index (κ2) is 9.42. The molecule has 34 heavy (non-hydrogen) atoms. The van der Waals surface area contributed by atoms with E-state index in [1.165, 1.54) is 29.2 Å². The summed E-state index contributed by atoms with van der Waals surface area (Å²) in [7, 11) is 0. The number of rotatable bonds is 6. The Labute approximate surface area is 220 Å². The highest BCUT2D eigenvalue weighted by molar-refractivity contribution is 14.1. The Hall–Kier alpha value is -1.07. The van der Waals surface area contributed by atoms with Crippen LogP contribution < -0.4 is 4.90 Å². The fraction of sp³-hybridized carbons (Fsp3) is 0.458. The Morgan fingerprint density at radius 2 is 1.82 bits per heavy atom. The molecule has 0 aromatic heterocycles. The maximum absolute atomic E-state index is 14.2. The van der Waals surface area contributed by atoms with Crippen LogP contribution in [-0.2, 0) is 16.6 Å². The molecule has 1 amide bonds. The van der Waals surface area contributed by atoms with Crippen LogP contribution in [0.3, 0.4) is 0 Å². The Morgan fingerprint density at radius 3 is 2.38 bits per heavy atom. The molecule has 2 aromatic carbocycles. The van der Waals surface area contributed by atoms with Gasteiger partial charge in [0.2, 0.25) is 0 Å². The Morgan fingerprint density at radius 1 is 1.18 bits per heavy atom. The molecule has 1 unspecified atom stereocenters. The summed E-state index contributed by atoms with van der Waals surface area (Å²) in [4.78, 5) is 17.4. The standard InChI is InChI=1S/C24H24Cl2F3IN2O2/c1-3-31(4-2)16-7-13(8-16)12-32-20-11-15(30)10-18(24(27,28)29)21(20)23(34,22(32)33)17-6-5-14(25)9-19(17)26/h5-6,9-11,13,16,34H,3-4,7-8,12H2,1-2H3/t13-,16-,23?. The van der Waals surface area contributed by atoms with E-state index in [9.17, 15) is 23.1 Å². The maximum atomic E-state index is 14.2. The van der Waals surface area contributed by atoms with Gasteiger partial charge in [0.15, 0.2) is 5.60 Å². The summed E-state index contributed by atoms with van der Waals surface area (Å²) < 4.78 is 42.8. The van der Waals surface area contributed by atoms with Gasteiger partial charge in [-0.05, 0) is 78.7 Å². The van der Waals surface area contributed by atoms with Crippen molar-refractivity contribution in [2.45, 2.75) is 44.5 Å². The second-order valence-electron chi connectivity index (χ2n) is 8.81. The van der Waals surface area contributed by atoms with Gasteiger partial charge in [-0.3, -0.25) is 4.79 Å². The van der Waals surface area contributed by atoms with E-state index in [0.29, 0.717) is 9.61 Å². The molecule has 0 spiro atoms. The zero-order valence-electron chi connectivity index (χ0n) is 18.6. The van der Waals surface area contributed by atoms with Crippen LogP contribution in [-0.4, -0.2) is 41.6 Å². The molecule has 184 valence electrons. The third kappa shape index (κ3) is 4.34. The number of halogens is 6. The van der Waals surface area contributed by atoms with E-state index in [1.54, 1.807) is 22.6 Å². The zero-order valence-corrected chi connectivity index (χ0v) is 22.3. The number of benzene rings is 2. The summed E-state index contributed by atoms with van der Waals surface area (Å²) in [5.41, 5.74) is -4.14. The molecule has 1 fully saturated rings. The van der Waals surface area contributed by atoms with Crippen LogP contribution in [0.2, 0.25) is 10.0 Å². The molecule has 4 rings (SSSR count). The predicted octanol–water partition coefficient (Wildman–Crippen LogP) is 6.32. The lowest BCUT2D eigenvalue weighted by Gasteiger charge is -2.43. The van der Waals surface area contributed by atoms with Crippen molar-refractivity contribution in [3.63, 3.8) is 0 Å². The van der Waals surface area contributed by atoms with Crippen LogP contribution >= 0.6 is 45.8 Å². The molecule has 1 aliphatic heterocycles. The molecule has 1 atom stereocenters. The van der Waals surface area contributed by atoms with Gasteiger partial charge in [0, 0.05) is 37.3 Å². The summed E-state index contributed by atoms with van der Waals surface area (Å²) in [6, 6.07) is 6.89. The molecule has 4 nitrogen and oxygen atoms in total. The molecular formula is C24H24Cl2F3IN2O2. The van der Waals surface area contributed by atoms with Crippen molar-refractivity contribution in [1.82, 2.24) is 4.90 Å². The summed E-state index contributed by atoms with van der Waals surface area (Å²) in [6.07, 6.45) is -3.09. The van der Waals surface area contributed by atoms with Crippen molar-refractivity contribution in [1.29, 1.82) is 0 Å². The van der Waals surface area contributed by atoms with Gasteiger partial charge in [0.05, 0.1) is 11.3 Å². The molecule has 1 N–H and O–H groups in total. The monoisotopic (exact) mass is 626 g/mol. The number of alkyl halides is 3. The van der Waals surface area contributed by atoms with E-state index in [-0.39, 0.29) is 33.8 Å². The molecule has 1 aliphatic carbocycles. The number of nitrogens with zero attached hydrogens (tertiary/aromatic N) is 2. The van der Waals surface area contributed by atoms with Crippen LogP contribution in [0.4, 0.5) is 18.9 Å². The van der Waals surface area contributed by atoms with E-state index in [2.05, 4.69) is 18.7 Å². The Kier molecular flexibility index (Phi) is 7.21. The largest absolute Gasteiger partial charge is 0.416 e. The van der Waals surface area contributed by atoms with Crippen molar-refractivity contribution in [2.75, 3.05) is 24.5 Å². The topological polar surface area (TPSA) is 43.8 Å². The molecule has 0 saturated heterocycles. The van der Waals surface area contributed by atoms with Gasteiger partial charge in [0.25, 0.3) is 5.91 Å². The molecule has 0 bridgehead atoms. The van der Waals surface area contributed by atoms with Crippen LogP contribution in [0.15, 0.2) is 30.3 Å². The highest BCUT2D eigenvalue weighted by atomic mass is 127. The quantitative estimate of drug-likeness (QED) is 0.382. The average molecular weight is 627 g/mol. The second-order valence-corrected chi connectivity index (χ2v) is 10.9. The summed E-state index contributed by atoms with van der Waals surface area (Å²) in [6.45, 7) is 6.25. The molecule has 1 saturated carbocycles. The van der Waals surface area contributed by atoms with Crippen LogP contribution in [0, 0.1) is 9.49 Å². The SMILES string of the molecule is CCN(CC)[C@H]1C[C@H](CN2C(=O)C(O)(c3ccc(Cl)cc3Cl)c3c2cc(I)cc3C(F)(F)F)C1. The van der Waals surface area contributed by atoms with E-state index in [4.69, 9.17) is 23.2 Å². The number of anilines is 1. The van der Waals surface area contributed by atoms with Crippen molar-refractivity contribution in [3.05, 3.63) is 60.6 Å². The van der Waals surface area contributed by atoms with Gasteiger partial charge in [-0.25, -0.2) is 0 Å². The fourth-order valence-electron chi connectivity index (χ4n) is 5.18. The summed E-state index contributed by atoms with van der Waals surface area (Å²) in [5, 5.41) is 11.9. The van der Waals surface area contributed by atoms with Crippen molar-refractivity contribution in [2.24, 2.45) is 5.92 Å². The summed E-state index contributed by atoms with van der Waals surface area (Å²) >= 11 is 14.1. The van der Waals surface area contributed by atoms with Gasteiger partial charge >= 0.3 is 6.18 Å². The van der Waals surface area contributed by atoms with Gasteiger partial charge in [0.1, 0.15) is 0 Å². The first-order chi connectivity index (χ1) is 15.9. The van der Waals surface area contributed by atoms with Crippen molar-refractivity contribution >= 4 is 57.4 Å². The normalized spacial score (nSPS) is 24.5. The number of carbonyl (C=O) groups is 1. The lowest BCUT2D eigenvalue weighted by Crippen LogP contribution is -2.50. The first-order valence-electron chi connectivity index (χ1n) is 11.1. The zero-order chi connectivity index (χ0) is 25.0. The average Bonchev–Trinajstić information content (AvgIpc) is 2.93. The Bertz CT molecular complexity index is 1120. The molecule has 2 aromatic rings. The third-order valence-electron chi connectivity index (χ3n) is 6.90. The molecular weight excluding hydrogens is 603 g/mol. The highest BCUT2D eigenvalue weighted by Gasteiger charge is 2.57. The van der Waals surface area contributed by atoms with Crippen molar-refractivity contribution < 1.29 is 23.1 Å². The van der Waals surface area contributed by atoms with E-state index >= 15 is 0 Å². The minimum atomic E-state index is -4.78. The van der Waals surface area contributed by atoms with Gasteiger partial charge in [-0.2, -0.15) is 13.2 Å². The Balaban J connectivity index is 1.80. The van der Waals surface area contributed by atoms with E-state index in [0.717, 1.165) is 32.0 Å². The third-order valence-corrected chi connectivity index (χ3v) is 8.07. The molecule has 2 aliphatic rings. The lowest BCUT2D eigenvalue weighted by atomic mass is 9.78. The van der Waals surface area contributed by atoms with E-state index in [1.807, 2.05) is 0 Å². The van der Waals surface area contributed by atoms with Gasteiger partial charge < -0.3 is 14.9 Å². The summed E-state index contributed by atoms with van der Waals surface area (Å²) in [5.74, 6) is -0.705. The number of amides is 1. The first-order valence-corrected chi connectivity index (χ1v) is 12.9. The number of hydrogen-bond donors (Lipinski definition) is 1. The van der Waals surface area contributed by atoms with Crippen LogP contribution in [0.25, 0.3) is 0 Å². The maximum Gasteiger partial charge on any atom is 0.416 e.